The van der Waals surface area contributed by atoms with Gasteiger partial charge in [0.05, 0.1) is 10.6 Å². The van der Waals surface area contributed by atoms with Gasteiger partial charge in [-0.2, -0.15) is 0 Å². The summed E-state index contributed by atoms with van der Waals surface area (Å²) in [6.07, 6.45) is 0. The van der Waals surface area contributed by atoms with Crippen molar-refractivity contribution >= 4 is 37.3 Å². The summed E-state index contributed by atoms with van der Waals surface area (Å²) in [6, 6.07) is 6.41. The first-order valence-electron chi connectivity index (χ1n) is 5.32. The Kier molecular flexibility index (Phi) is 3.96. The van der Waals surface area contributed by atoms with Gasteiger partial charge in [0.1, 0.15) is 11.6 Å². The molecule has 0 fully saturated rings. The standard InChI is InChI=1S/C12H9BrF2N2O2S/c13-11-6-10(1-2-12(11)16)20(18,19)17-9-4-7(14)3-8(15)5-9/h1-6,17H,16H2. The number of hydrogen-bond donors (Lipinski definition) is 2. The minimum atomic E-state index is -3.96. The molecule has 2 aromatic carbocycles. The minimum absolute atomic E-state index is 0.0803. The second kappa shape index (κ2) is 5.37. The van der Waals surface area contributed by atoms with Crippen molar-refractivity contribution in [2.45, 2.75) is 4.90 Å². The number of halogens is 3. The van der Waals surface area contributed by atoms with E-state index in [1.165, 1.54) is 18.2 Å². The monoisotopic (exact) mass is 362 g/mol. The molecule has 8 heteroatoms. The van der Waals surface area contributed by atoms with Crippen molar-refractivity contribution in [1.29, 1.82) is 0 Å². The Hall–Kier alpha value is -1.67. The third-order valence-corrected chi connectivity index (χ3v) is 4.46. The average molecular weight is 363 g/mol. The number of anilines is 2. The lowest BCUT2D eigenvalue weighted by Crippen LogP contribution is -2.13. The van der Waals surface area contributed by atoms with Gasteiger partial charge in [-0.3, -0.25) is 4.72 Å². The number of hydrogen-bond acceptors (Lipinski definition) is 3. The lowest BCUT2D eigenvalue weighted by atomic mass is 10.3. The maximum absolute atomic E-state index is 13.0. The Balaban J connectivity index is 2.37. The number of benzene rings is 2. The lowest BCUT2D eigenvalue weighted by molar-refractivity contribution is 0.584. The molecule has 0 spiro atoms. The molecule has 4 nitrogen and oxygen atoms in total. The molecular formula is C12H9BrF2N2O2S. The predicted molar refractivity (Wildman–Crippen MR) is 75.7 cm³/mol. The van der Waals surface area contributed by atoms with Gasteiger partial charge in [0.25, 0.3) is 10.0 Å². The molecule has 2 aromatic rings. The van der Waals surface area contributed by atoms with Crippen molar-refractivity contribution < 1.29 is 17.2 Å². The highest BCUT2D eigenvalue weighted by molar-refractivity contribution is 9.10. The van der Waals surface area contributed by atoms with E-state index in [9.17, 15) is 17.2 Å². The van der Waals surface area contributed by atoms with Gasteiger partial charge < -0.3 is 5.73 Å². The van der Waals surface area contributed by atoms with E-state index in [-0.39, 0.29) is 10.6 Å². The van der Waals surface area contributed by atoms with E-state index >= 15 is 0 Å². The number of sulfonamides is 1. The van der Waals surface area contributed by atoms with Crippen LogP contribution < -0.4 is 10.5 Å². The highest BCUT2D eigenvalue weighted by atomic mass is 79.9. The van der Waals surface area contributed by atoms with Crippen molar-refractivity contribution in [2.75, 3.05) is 10.5 Å². The molecule has 0 saturated carbocycles. The molecule has 0 amide bonds. The third kappa shape index (κ3) is 3.26. The third-order valence-electron chi connectivity index (χ3n) is 2.40. The summed E-state index contributed by atoms with van der Waals surface area (Å²) in [5, 5.41) is 0. The quantitative estimate of drug-likeness (QED) is 0.824. The topological polar surface area (TPSA) is 72.2 Å². The molecule has 0 aliphatic heterocycles. The van der Waals surface area contributed by atoms with Gasteiger partial charge in [-0.1, -0.05) is 0 Å². The van der Waals surface area contributed by atoms with Gasteiger partial charge >= 0.3 is 0 Å². The van der Waals surface area contributed by atoms with E-state index in [0.717, 1.165) is 12.1 Å². The van der Waals surface area contributed by atoms with Crippen LogP contribution >= 0.6 is 15.9 Å². The molecule has 0 radical (unpaired) electrons. The second-order valence-electron chi connectivity index (χ2n) is 3.95. The smallest absolute Gasteiger partial charge is 0.261 e. The van der Waals surface area contributed by atoms with Gasteiger partial charge in [-0.05, 0) is 46.3 Å². The van der Waals surface area contributed by atoms with E-state index in [0.29, 0.717) is 16.2 Å². The molecule has 0 aliphatic carbocycles. The Morgan fingerprint density at radius 2 is 1.65 bits per heavy atom. The SMILES string of the molecule is Nc1ccc(S(=O)(=O)Nc2cc(F)cc(F)c2)cc1Br. The average Bonchev–Trinajstić information content (AvgIpc) is 2.30. The first kappa shape index (κ1) is 14.7. The van der Waals surface area contributed by atoms with Crippen molar-refractivity contribution in [1.82, 2.24) is 0 Å². The summed E-state index contributed by atoms with van der Waals surface area (Å²) < 4.78 is 52.7. The van der Waals surface area contributed by atoms with Crippen molar-refractivity contribution in [3.05, 3.63) is 52.5 Å². The van der Waals surface area contributed by atoms with Crippen molar-refractivity contribution in [2.24, 2.45) is 0 Å². The summed E-state index contributed by atoms with van der Waals surface area (Å²) >= 11 is 3.11. The van der Waals surface area contributed by atoms with Crippen LogP contribution in [0.25, 0.3) is 0 Å². The maximum Gasteiger partial charge on any atom is 0.261 e. The van der Waals surface area contributed by atoms with Crippen LogP contribution in [0.4, 0.5) is 20.2 Å². The molecule has 0 aromatic heterocycles. The lowest BCUT2D eigenvalue weighted by Gasteiger charge is -2.09. The van der Waals surface area contributed by atoms with E-state index < -0.39 is 21.7 Å². The zero-order valence-corrected chi connectivity index (χ0v) is 12.3. The molecule has 2 rings (SSSR count). The minimum Gasteiger partial charge on any atom is -0.398 e. The number of nitrogens with two attached hydrogens (primary N) is 1. The van der Waals surface area contributed by atoms with Gasteiger partial charge in [0.15, 0.2) is 0 Å². The van der Waals surface area contributed by atoms with Gasteiger partial charge in [-0.15, -0.1) is 0 Å². The zero-order valence-electron chi connectivity index (χ0n) is 9.90. The van der Waals surface area contributed by atoms with Gasteiger partial charge in [0, 0.05) is 16.2 Å². The van der Waals surface area contributed by atoms with Crippen LogP contribution in [0.15, 0.2) is 45.8 Å². The van der Waals surface area contributed by atoms with Crippen molar-refractivity contribution in [3.8, 4) is 0 Å². The fourth-order valence-corrected chi connectivity index (χ4v) is 3.10. The van der Waals surface area contributed by atoms with E-state index in [2.05, 4.69) is 20.7 Å². The summed E-state index contributed by atoms with van der Waals surface area (Å²) in [5.74, 6) is -1.75. The van der Waals surface area contributed by atoms with Crippen LogP contribution in [0.5, 0.6) is 0 Å². The number of nitrogens with one attached hydrogen (secondary N) is 1. The Bertz CT molecular complexity index is 746. The van der Waals surface area contributed by atoms with Gasteiger partial charge in [0.2, 0.25) is 0 Å². The fourth-order valence-electron chi connectivity index (χ4n) is 1.50. The van der Waals surface area contributed by atoms with Crippen LogP contribution in [-0.2, 0) is 10.0 Å². The summed E-state index contributed by atoms with van der Waals surface area (Å²) in [5.41, 5.74) is 5.74. The molecule has 0 unspecified atom stereocenters. The Morgan fingerprint density at radius 3 is 2.20 bits per heavy atom. The van der Waals surface area contributed by atoms with Gasteiger partial charge in [-0.25, -0.2) is 17.2 Å². The predicted octanol–water partition coefficient (Wildman–Crippen LogP) is 3.11. The normalized spacial score (nSPS) is 11.3. The Labute approximate surface area is 122 Å². The van der Waals surface area contributed by atoms with E-state index in [1.807, 2.05) is 0 Å². The van der Waals surface area contributed by atoms with Crippen molar-refractivity contribution in [3.63, 3.8) is 0 Å². The van der Waals surface area contributed by atoms with E-state index in [1.54, 1.807) is 0 Å². The molecule has 0 aliphatic rings. The summed E-state index contributed by atoms with van der Waals surface area (Å²) in [7, 11) is -3.96. The molecule has 0 bridgehead atoms. The highest BCUT2D eigenvalue weighted by Crippen LogP contribution is 2.25. The molecule has 0 saturated heterocycles. The highest BCUT2D eigenvalue weighted by Gasteiger charge is 2.16. The molecule has 20 heavy (non-hydrogen) atoms. The van der Waals surface area contributed by atoms with Crippen LogP contribution in [0.2, 0.25) is 0 Å². The molecular weight excluding hydrogens is 354 g/mol. The van der Waals surface area contributed by atoms with Crippen LogP contribution in [-0.4, -0.2) is 8.42 Å². The molecule has 0 heterocycles. The van der Waals surface area contributed by atoms with Crippen LogP contribution in [0.3, 0.4) is 0 Å². The maximum atomic E-state index is 13.0. The Morgan fingerprint density at radius 1 is 1.05 bits per heavy atom. The van der Waals surface area contributed by atoms with Crippen LogP contribution in [0.1, 0.15) is 0 Å². The summed E-state index contributed by atoms with van der Waals surface area (Å²) in [4.78, 5) is -0.0803. The molecule has 106 valence electrons. The first-order chi connectivity index (χ1) is 9.28. The zero-order chi connectivity index (χ0) is 14.9. The number of nitrogen functional groups attached to an aromatic ring is 1. The fraction of sp³-hybridized carbons (Fsp3) is 0. The van der Waals surface area contributed by atoms with Crippen LogP contribution in [0, 0.1) is 11.6 Å². The largest absolute Gasteiger partial charge is 0.398 e. The number of rotatable bonds is 3. The molecule has 3 N–H and O–H groups in total. The van der Waals surface area contributed by atoms with E-state index in [4.69, 9.17) is 5.73 Å². The second-order valence-corrected chi connectivity index (χ2v) is 6.48. The first-order valence-corrected chi connectivity index (χ1v) is 7.59. The molecule has 0 atom stereocenters. The summed E-state index contributed by atoms with van der Waals surface area (Å²) in [6.45, 7) is 0.